The molecule has 0 saturated carbocycles. The van der Waals surface area contributed by atoms with E-state index in [4.69, 9.17) is 12.2 Å². The van der Waals surface area contributed by atoms with Gasteiger partial charge in [0, 0.05) is 23.3 Å². The van der Waals surface area contributed by atoms with Gasteiger partial charge in [-0.2, -0.15) is 0 Å². The second kappa shape index (κ2) is 4.16. The Hall–Kier alpha value is -0.780. The number of rotatable bonds is 2. The summed E-state index contributed by atoms with van der Waals surface area (Å²) in [7, 11) is 0. The van der Waals surface area contributed by atoms with Crippen LogP contribution in [0.4, 0.5) is 0 Å². The van der Waals surface area contributed by atoms with Gasteiger partial charge < -0.3 is 5.73 Å². The highest BCUT2D eigenvalue weighted by atomic mass is 32.1. The standard InChI is InChI=1S/C12H15NS/c1-2-4-11(13)9-5-3-6-12-10(9)7-8-14-12/h1,7-9,11H,3-6,13H2. The van der Waals surface area contributed by atoms with Crippen molar-refractivity contribution in [1.82, 2.24) is 0 Å². The minimum Gasteiger partial charge on any atom is -0.326 e. The summed E-state index contributed by atoms with van der Waals surface area (Å²) in [5, 5.41) is 2.17. The van der Waals surface area contributed by atoms with E-state index in [0.717, 1.165) is 0 Å². The Bertz CT molecular complexity index is 347. The van der Waals surface area contributed by atoms with Crippen molar-refractivity contribution >= 4 is 11.3 Å². The summed E-state index contributed by atoms with van der Waals surface area (Å²) in [4.78, 5) is 1.52. The Morgan fingerprint density at radius 3 is 3.36 bits per heavy atom. The highest BCUT2D eigenvalue weighted by molar-refractivity contribution is 7.10. The Morgan fingerprint density at radius 2 is 2.57 bits per heavy atom. The molecule has 2 heteroatoms. The van der Waals surface area contributed by atoms with E-state index in [1.54, 1.807) is 0 Å². The van der Waals surface area contributed by atoms with E-state index in [1.165, 1.54) is 29.7 Å². The van der Waals surface area contributed by atoms with Gasteiger partial charge >= 0.3 is 0 Å². The molecule has 2 N–H and O–H groups in total. The summed E-state index contributed by atoms with van der Waals surface area (Å²) < 4.78 is 0. The summed E-state index contributed by atoms with van der Waals surface area (Å²) in [5.74, 6) is 3.17. The number of thiophene rings is 1. The molecule has 2 unspecified atom stereocenters. The second-order valence-corrected chi connectivity index (χ2v) is 4.87. The van der Waals surface area contributed by atoms with E-state index in [-0.39, 0.29) is 6.04 Å². The van der Waals surface area contributed by atoms with Crippen molar-refractivity contribution in [2.24, 2.45) is 5.73 Å². The summed E-state index contributed by atoms with van der Waals surface area (Å²) in [6.45, 7) is 0. The van der Waals surface area contributed by atoms with Crippen LogP contribution in [0.25, 0.3) is 0 Å². The highest BCUT2D eigenvalue weighted by Gasteiger charge is 2.25. The lowest BCUT2D eigenvalue weighted by atomic mass is 9.82. The molecular formula is C12H15NS. The average Bonchev–Trinajstić information content (AvgIpc) is 2.65. The van der Waals surface area contributed by atoms with Gasteiger partial charge in [0.2, 0.25) is 0 Å². The maximum atomic E-state index is 6.10. The maximum Gasteiger partial charge on any atom is 0.0244 e. The second-order valence-electron chi connectivity index (χ2n) is 3.87. The molecule has 1 aromatic heterocycles. The van der Waals surface area contributed by atoms with Crippen LogP contribution in [0.15, 0.2) is 11.4 Å². The number of terminal acetylenes is 1. The molecule has 0 aromatic carbocycles. The fourth-order valence-electron chi connectivity index (χ4n) is 2.25. The van der Waals surface area contributed by atoms with Crippen molar-refractivity contribution in [3.8, 4) is 12.3 Å². The number of nitrogens with two attached hydrogens (primary N) is 1. The molecule has 0 fully saturated rings. The van der Waals surface area contributed by atoms with E-state index in [1.807, 2.05) is 11.3 Å². The quantitative estimate of drug-likeness (QED) is 0.738. The lowest BCUT2D eigenvalue weighted by Gasteiger charge is -2.26. The van der Waals surface area contributed by atoms with Crippen LogP contribution in [-0.4, -0.2) is 6.04 Å². The summed E-state index contributed by atoms with van der Waals surface area (Å²) >= 11 is 1.86. The van der Waals surface area contributed by atoms with Crippen LogP contribution in [0, 0.1) is 12.3 Å². The zero-order chi connectivity index (χ0) is 9.97. The molecule has 0 bridgehead atoms. The number of hydrogen-bond acceptors (Lipinski definition) is 2. The van der Waals surface area contributed by atoms with E-state index < -0.39 is 0 Å². The third-order valence-electron chi connectivity index (χ3n) is 2.97. The Morgan fingerprint density at radius 1 is 1.71 bits per heavy atom. The molecule has 0 saturated heterocycles. The van der Waals surface area contributed by atoms with Crippen LogP contribution < -0.4 is 5.73 Å². The SMILES string of the molecule is C#CCC(N)C1CCCc2sccc21. The Kier molecular flexibility index (Phi) is 2.90. The molecule has 0 spiro atoms. The molecule has 1 aliphatic carbocycles. The summed E-state index contributed by atoms with van der Waals surface area (Å²) in [5.41, 5.74) is 7.56. The van der Waals surface area contributed by atoms with Crippen LogP contribution in [0.5, 0.6) is 0 Å². The molecular weight excluding hydrogens is 190 g/mol. The van der Waals surface area contributed by atoms with Crippen LogP contribution in [0.1, 0.15) is 35.6 Å². The van der Waals surface area contributed by atoms with Crippen molar-refractivity contribution in [2.45, 2.75) is 37.6 Å². The topological polar surface area (TPSA) is 26.0 Å². The first kappa shape index (κ1) is 9.76. The number of aryl methyl sites for hydroxylation is 1. The number of hydrogen-bond donors (Lipinski definition) is 1. The lowest BCUT2D eigenvalue weighted by Crippen LogP contribution is -2.29. The van der Waals surface area contributed by atoms with Gasteiger partial charge in [0.1, 0.15) is 0 Å². The molecule has 0 amide bonds. The molecule has 14 heavy (non-hydrogen) atoms. The molecule has 1 heterocycles. The monoisotopic (exact) mass is 205 g/mol. The molecule has 1 aliphatic rings. The van der Waals surface area contributed by atoms with Crippen LogP contribution in [-0.2, 0) is 6.42 Å². The van der Waals surface area contributed by atoms with Crippen LogP contribution in [0.2, 0.25) is 0 Å². The third-order valence-corrected chi connectivity index (χ3v) is 3.97. The minimum atomic E-state index is 0.147. The Labute approximate surface area is 89.3 Å². The fourth-order valence-corrected chi connectivity index (χ4v) is 3.24. The van der Waals surface area contributed by atoms with Gasteiger partial charge in [-0.15, -0.1) is 23.7 Å². The zero-order valence-corrected chi connectivity index (χ0v) is 9.02. The molecule has 0 radical (unpaired) electrons. The Balaban J connectivity index is 2.20. The zero-order valence-electron chi connectivity index (χ0n) is 8.20. The van der Waals surface area contributed by atoms with E-state index in [0.29, 0.717) is 12.3 Å². The van der Waals surface area contributed by atoms with E-state index in [9.17, 15) is 0 Å². The molecule has 2 rings (SSSR count). The smallest absolute Gasteiger partial charge is 0.0244 e. The van der Waals surface area contributed by atoms with Crippen molar-refractivity contribution in [3.05, 3.63) is 21.9 Å². The highest BCUT2D eigenvalue weighted by Crippen LogP contribution is 2.36. The van der Waals surface area contributed by atoms with Gasteiger partial charge in [-0.3, -0.25) is 0 Å². The van der Waals surface area contributed by atoms with Gasteiger partial charge in [0.25, 0.3) is 0 Å². The summed E-state index contributed by atoms with van der Waals surface area (Å²) in [6.07, 6.45) is 9.69. The van der Waals surface area contributed by atoms with E-state index >= 15 is 0 Å². The maximum absolute atomic E-state index is 6.10. The van der Waals surface area contributed by atoms with Crippen molar-refractivity contribution < 1.29 is 0 Å². The molecule has 74 valence electrons. The predicted molar refractivity (Wildman–Crippen MR) is 61.4 cm³/mol. The molecule has 1 nitrogen and oxygen atoms in total. The van der Waals surface area contributed by atoms with Gasteiger partial charge in [0.15, 0.2) is 0 Å². The van der Waals surface area contributed by atoms with Crippen LogP contribution in [0.3, 0.4) is 0 Å². The minimum absolute atomic E-state index is 0.147. The van der Waals surface area contributed by atoms with Gasteiger partial charge in [-0.25, -0.2) is 0 Å². The average molecular weight is 205 g/mol. The van der Waals surface area contributed by atoms with Gasteiger partial charge in [-0.05, 0) is 36.3 Å². The first-order valence-corrected chi connectivity index (χ1v) is 5.96. The predicted octanol–water partition coefficient (Wildman–Crippen LogP) is 2.52. The van der Waals surface area contributed by atoms with Gasteiger partial charge in [0.05, 0.1) is 0 Å². The van der Waals surface area contributed by atoms with E-state index in [2.05, 4.69) is 17.4 Å². The normalized spacial score (nSPS) is 22.4. The molecule has 1 aromatic rings. The first-order chi connectivity index (χ1) is 6.83. The van der Waals surface area contributed by atoms with Crippen LogP contribution >= 0.6 is 11.3 Å². The molecule has 2 atom stereocenters. The third kappa shape index (κ3) is 1.70. The van der Waals surface area contributed by atoms with Crippen molar-refractivity contribution in [3.63, 3.8) is 0 Å². The summed E-state index contributed by atoms with van der Waals surface area (Å²) in [6, 6.07) is 2.37. The van der Waals surface area contributed by atoms with Crippen molar-refractivity contribution in [2.75, 3.05) is 0 Å². The van der Waals surface area contributed by atoms with Gasteiger partial charge in [-0.1, -0.05) is 0 Å². The van der Waals surface area contributed by atoms with Crippen molar-refractivity contribution in [1.29, 1.82) is 0 Å². The molecule has 0 aliphatic heterocycles. The fraction of sp³-hybridized carbons (Fsp3) is 0.500. The lowest BCUT2D eigenvalue weighted by molar-refractivity contribution is 0.472. The number of fused-ring (bicyclic) bond motifs is 1. The largest absolute Gasteiger partial charge is 0.326 e. The first-order valence-electron chi connectivity index (χ1n) is 5.08.